The van der Waals surface area contributed by atoms with Crippen LogP contribution in [0.2, 0.25) is 0 Å². The lowest BCUT2D eigenvalue weighted by Gasteiger charge is -2.18. The van der Waals surface area contributed by atoms with Gasteiger partial charge in [0.15, 0.2) is 0 Å². The quantitative estimate of drug-likeness (QED) is 0.804. The van der Waals surface area contributed by atoms with Crippen molar-refractivity contribution < 1.29 is 0 Å². The molecule has 1 heterocycles. The van der Waals surface area contributed by atoms with Crippen molar-refractivity contribution in [1.29, 1.82) is 0 Å². The molecule has 0 saturated heterocycles. The van der Waals surface area contributed by atoms with Crippen LogP contribution >= 0.6 is 0 Å². The van der Waals surface area contributed by atoms with Gasteiger partial charge >= 0.3 is 0 Å². The van der Waals surface area contributed by atoms with Crippen molar-refractivity contribution in [2.45, 2.75) is 59.5 Å². The molecule has 1 rings (SSSR count). The topological polar surface area (TPSA) is 43.8 Å². The minimum absolute atomic E-state index is 0.247. The molecule has 2 unspecified atom stereocenters. The molecule has 0 spiro atoms. The molecule has 3 heteroatoms. The van der Waals surface area contributed by atoms with E-state index in [1.165, 1.54) is 11.4 Å². The third-order valence-corrected chi connectivity index (χ3v) is 3.40. The van der Waals surface area contributed by atoms with Crippen LogP contribution in [-0.2, 0) is 19.4 Å². The van der Waals surface area contributed by atoms with Crippen molar-refractivity contribution in [3.8, 4) is 0 Å². The highest BCUT2D eigenvalue weighted by Crippen LogP contribution is 2.13. The number of hydrogen-bond acceptors (Lipinski definition) is 2. The fraction of sp³-hybridized carbons (Fsp3) is 0.769. The zero-order valence-corrected chi connectivity index (χ0v) is 11.0. The monoisotopic (exact) mass is 223 g/mol. The normalized spacial score (nSPS) is 15.1. The van der Waals surface area contributed by atoms with E-state index >= 15 is 0 Å². The molecule has 1 aromatic heterocycles. The molecule has 92 valence electrons. The molecule has 3 nitrogen and oxygen atoms in total. The van der Waals surface area contributed by atoms with Crippen molar-refractivity contribution in [1.82, 2.24) is 9.78 Å². The summed E-state index contributed by atoms with van der Waals surface area (Å²) >= 11 is 0. The molecule has 0 aliphatic rings. The lowest BCUT2D eigenvalue weighted by atomic mass is 9.96. The van der Waals surface area contributed by atoms with E-state index < -0.39 is 0 Å². The number of nitrogens with two attached hydrogens (primary N) is 1. The summed E-state index contributed by atoms with van der Waals surface area (Å²) in [6.45, 7) is 9.62. The number of hydrogen-bond donors (Lipinski definition) is 1. The van der Waals surface area contributed by atoms with Crippen LogP contribution in [0.1, 0.15) is 45.5 Å². The molecule has 16 heavy (non-hydrogen) atoms. The maximum Gasteiger partial charge on any atom is 0.0624 e. The van der Waals surface area contributed by atoms with Crippen LogP contribution in [0.5, 0.6) is 0 Å². The Balaban J connectivity index is 2.75. The first-order chi connectivity index (χ1) is 7.62. The first-order valence-corrected chi connectivity index (χ1v) is 6.43. The van der Waals surface area contributed by atoms with Crippen LogP contribution in [0.25, 0.3) is 0 Å². The zero-order valence-electron chi connectivity index (χ0n) is 11.0. The fourth-order valence-electron chi connectivity index (χ4n) is 1.87. The molecule has 0 radical (unpaired) electrons. The van der Waals surface area contributed by atoms with Crippen LogP contribution < -0.4 is 5.73 Å². The molecule has 0 aliphatic carbocycles. The smallest absolute Gasteiger partial charge is 0.0624 e. The van der Waals surface area contributed by atoms with Crippen molar-refractivity contribution in [2.75, 3.05) is 0 Å². The average molecular weight is 223 g/mol. The molecular weight excluding hydrogens is 198 g/mol. The minimum Gasteiger partial charge on any atom is -0.327 e. The summed E-state index contributed by atoms with van der Waals surface area (Å²) in [6.07, 6.45) is 3.08. The van der Waals surface area contributed by atoms with Gasteiger partial charge in [-0.2, -0.15) is 5.10 Å². The van der Waals surface area contributed by atoms with Gasteiger partial charge in [-0.3, -0.25) is 4.68 Å². The predicted octanol–water partition coefficient (Wildman–Crippen LogP) is 2.38. The maximum absolute atomic E-state index is 6.19. The lowest BCUT2D eigenvalue weighted by Crippen LogP contribution is -2.31. The Hall–Kier alpha value is -0.830. The SMILES string of the molecule is CCc1cc(CC(N)C(C)CC)n(CC)n1. The van der Waals surface area contributed by atoms with E-state index in [1.54, 1.807) is 0 Å². The van der Waals surface area contributed by atoms with Gasteiger partial charge < -0.3 is 5.73 Å². The zero-order chi connectivity index (χ0) is 12.1. The Bertz CT molecular complexity index is 317. The Morgan fingerprint density at radius 2 is 2.06 bits per heavy atom. The number of aromatic nitrogens is 2. The van der Waals surface area contributed by atoms with Gasteiger partial charge in [0, 0.05) is 24.7 Å². The summed E-state index contributed by atoms with van der Waals surface area (Å²) in [5.41, 5.74) is 8.65. The lowest BCUT2D eigenvalue weighted by molar-refractivity contribution is 0.428. The second kappa shape index (κ2) is 6.04. The molecular formula is C13H25N3. The Morgan fingerprint density at radius 3 is 2.56 bits per heavy atom. The largest absolute Gasteiger partial charge is 0.327 e. The van der Waals surface area contributed by atoms with Crippen LogP contribution in [0, 0.1) is 5.92 Å². The van der Waals surface area contributed by atoms with E-state index in [1.807, 2.05) is 0 Å². The van der Waals surface area contributed by atoms with Crippen molar-refractivity contribution in [3.63, 3.8) is 0 Å². The standard InChI is InChI=1S/C13H25N3/c1-5-10(4)13(14)9-12-8-11(6-2)15-16(12)7-3/h8,10,13H,5-7,9,14H2,1-4H3. The minimum atomic E-state index is 0.247. The first-order valence-electron chi connectivity index (χ1n) is 6.43. The van der Waals surface area contributed by atoms with Gasteiger partial charge in [0.2, 0.25) is 0 Å². The summed E-state index contributed by atoms with van der Waals surface area (Å²) in [6, 6.07) is 2.45. The Kier molecular flexibility index (Phi) is 5.00. The number of nitrogens with zero attached hydrogens (tertiary/aromatic N) is 2. The molecule has 0 aliphatic heterocycles. The second-order valence-electron chi connectivity index (χ2n) is 4.55. The van der Waals surface area contributed by atoms with E-state index in [0.29, 0.717) is 5.92 Å². The first kappa shape index (κ1) is 13.2. The van der Waals surface area contributed by atoms with Gasteiger partial charge in [-0.05, 0) is 25.3 Å². The molecule has 0 amide bonds. The molecule has 1 aromatic rings. The van der Waals surface area contributed by atoms with Crippen molar-refractivity contribution >= 4 is 0 Å². The Labute approximate surface area is 99.0 Å². The van der Waals surface area contributed by atoms with Crippen LogP contribution in [0.3, 0.4) is 0 Å². The molecule has 0 fully saturated rings. The van der Waals surface area contributed by atoms with Crippen molar-refractivity contribution in [2.24, 2.45) is 11.7 Å². The van der Waals surface area contributed by atoms with Gasteiger partial charge in [0.1, 0.15) is 0 Å². The molecule has 2 atom stereocenters. The number of rotatable bonds is 6. The van der Waals surface area contributed by atoms with E-state index in [0.717, 1.165) is 25.8 Å². The molecule has 2 N–H and O–H groups in total. The second-order valence-corrected chi connectivity index (χ2v) is 4.55. The highest BCUT2D eigenvalue weighted by Gasteiger charge is 2.14. The van der Waals surface area contributed by atoms with E-state index in [-0.39, 0.29) is 6.04 Å². The predicted molar refractivity (Wildman–Crippen MR) is 68.4 cm³/mol. The molecule has 0 saturated carbocycles. The summed E-state index contributed by atoms with van der Waals surface area (Å²) in [7, 11) is 0. The van der Waals surface area contributed by atoms with Crippen LogP contribution in [-0.4, -0.2) is 15.8 Å². The van der Waals surface area contributed by atoms with Gasteiger partial charge in [-0.1, -0.05) is 27.2 Å². The van der Waals surface area contributed by atoms with E-state index in [9.17, 15) is 0 Å². The van der Waals surface area contributed by atoms with Gasteiger partial charge in [-0.25, -0.2) is 0 Å². The third-order valence-electron chi connectivity index (χ3n) is 3.40. The molecule has 0 aromatic carbocycles. The third kappa shape index (κ3) is 3.08. The molecule has 0 bridgehead atoms. The number of aryl methyl sites for hydroxylation is 2. The maximum atomic E-state index is 6.19. The summed E-state index contributed by atoms with van der Waals surface area (Å²) in [4.78, 5) is 0. The highest BCUT2D eigenvalue weighted by atomic mass is 15.3. The fourth-order valence-corrected chi connectivity index (χ4v) is 1.87. The van der Waals surface area contributed by atoms with Gasteiger partial charge in [0.05, 0.1) is 5.69 Å². The van der Waals surface area contributed by atoms with Crippen LogP contribution in [0.4, 0.5) is 0 Å². The highest BCUT2D eigenvalue weighted by molar-refractivity contribution is 5.12. The van der Waals surface area contributed by atoms with Gasteiger partial charge in [0.25, 0.3) is 0 Å². The Morgan fingerprint density at radius 1 is 1.38 bits per heavy atom. The summed E-state index contributed by atoms with van der Waals surface area (Å²) in [5.74, 6) is 0.574. The van der Waals surface area contributed by atoms with Crippen molar-refractivity contribution in [3.05, 3.63) is 17.5 Å². The van der Waals surface area contributed by atoms with E-state index in [2.05, 4.69) is 43.5 Å². The van der Waals surface area contributed by atoms with E-state index in [4.69, 9.17) is 5.73 Å². The summed E-state index contributed by atoms with van der Waals surface area (Å²) in [5, 5.41) is 4.55. The average Bonchev–Trinajstić information content (AvgIpc) is 2.70. The van der Waals surface area contributed by atoms with Crippen LogP contribution in [0.15, 0.2) is 6.07 Å². The van der Waals surface area contributed by atoms with Gasteiger partial charge in [-0.15, -0.1) is 0 Å². The summed E-state index contributed by atoms with van der Waals surface area (Å²) < 4.78 is 2.08.